The molecule has 0 aliphatic heterocycles. The first-order valence-electron chi connectivity index (χ1n) is 8.21. The summed E-state index contributed by atoms with van der Waals surface area (Å²) >= 11 is 0. The molecular formula is C19H26N2. The van der Waals surface area contributed by atoms with Crippen molar-refractivity contribution in [3.05, 3.63) is 42.1 Å². The van der Waals surface area contributed by atoms with E-state index in [0.29, 0.717) is 0 Å². The van der Waals surface area contributed by atoms with Crippen LogP contribution in [0.15, 0.2) is 36.5 Å². The zero-order valence-electron chi connectivity index (χ0n) is 13.2. The molecule has 0 saturated heterocycles. The van der Waals surface area contributed by atoms with Crippen molar-refractivity contribution in [1.29, 1.82) is 0 Å². The van der Waals surface area contributed by atoms with Crippen molar-refractivity contribution in [2.75, 3.05) is 0 Å². The molecule has 2 unspecified atom stereocenters. The number of benzene rings is 1. The van der Waals surface area contributed by atoms with E-state index < -0.39 is 0 Å². The van der Waals surface area contributed by atoms with Crippen LogP contribution >= 0.6 is 0 Å². The number of pyridine rings is 1. The number of hydrogen-bond acceptors (Lipinski definition) is 2. The summed E-state index contributed by atoms with van der Waals surface area (Å²) in [6, 6.07) is 10.6. The highest BCUT2D eigenvalue weighted by atomic mass is 14.8. The second-order valence-corrected chi connectivity index (χ2v) is 7.12. The molecule has 1 heterocycles. The van der Waals surface area contributed by atoms with Crippen molar-refractivity contribution in [2.45, 2.75) is 51.5 Å². The maximum atomic E-state index is 6.88. The summed E-state index contributed by atoms with van der Waals surface area (Å²) in [5.74, 6) is 1.52. The fraction of sp³-hybridized carbons (Fsp3) is 0.526. The number of hydrogen-bond donors (Lipinski definition) is 1. The van der Waals surface area contributed by atoms with Crippen LogP contribution in [0.5, 0.6) is 0 Å². The first kappa shape index (κ1) is 14.5. The quantitative estimate of drug-likeness (QED) is 0.891. The van der Waals surface area contributed by atoms with Crippen LogP contribution in [0.25, 0.3) is 10.9 Å². The molecule has 1 fully saturated rings. The Kier molecular flexibility index (Phi) is 3.99. The Balaban J connectivity index is 1.96. The highest BCUT2D eigenvalue weighted by Gasteiger charge is 2.35. The van der Waals surface area contributed by atoms with Crippen molar-refractivity contribution < 1.29 is 0 Å². The minimum Gasteiger partial charge on any atom is -0.321 e. The van der Waals surface area contributed by atoms with Gasteiger partial charge >= 0.3 is 0 Å². The minimum atomic E-state index is -0.180. The van der Waals surface area contributed by atoms with Crippen LogP contribution in [0, 0.1) is 11.8 Å². The van der Waals surface area contributed by atoms with Gasteiger partial charge in [0.1, 0.15) is 0 Å². The molecule has 3 rings (SSSR count). The van der Waals surface area contributed by atoms with E-state index in [1.54, 1.807) is 0 Å². The third kappa shape index (κ3) is 2.96. The van der Waals surface area contributed by atoms with Gasteiger partial charge in [-0.05, 0) is 48.8 Å². The van der Waals surface area contributed by atoms with E-state index in [-0.39, 0.29) is 5.54 Å². The van der Waals surface area contributed by atoms with E-state index in [2.05, 4.69) is 43.1 Å². The SMILES string of the molecule is CC(C)CC1CCCC(N)(c2cccc3ncccc23)C1. The lowest BCUT2D eigenvalue weighted by atomic mass is 9.70. The summed E-state index contributed by atoms with van der Waals surface area (Å²) in [5, 5.41) is 1.23. The van der Waals surface area contributed by atoms with Crippen LogP contribution in [-0.4, -0.2) is 4.98 Å². The van der Waals surface area contributed by atoms with Gasteiger partial charge in [-0.25, -0.2) is 0 Å². The van der Waals surface area contributed by atoms with Crippen molar-refractivity contribution in [1.82, 2.24) is 4.98 Å². The molecule has 2 nitrogen and oxygen atoms in total. The van der Waals surface area contributed by atoms with Gasteiger partial charge in [-0.15, -0.1) is 0 Å². The van der Waals surface area contributed by atoms with Crippen molar-refractivity contribution in [3.63, 3.8) is 0 Å². The molecule has 1 saturated carbocycles. The summed E-state index contributed by atoms with van der Waals surface area (Å²) < 4.78 is 0. The molecule has 2 atom stereocenters. The fourth-order valence-corrected chi connectivity index (χ4v) is 4.08. The van der Waals surface area contributed by atoms with Crippen LogP contribution in [-0.2, 0) is 5.54 Å². The van der Waals surface area contributed by atoms with Gasteiger partial charge in [0, 0.05) is 17.1 Å². The molecule has 2 N–H and O–H groups in total. The zero-order chi connectivity index (χ0) is 14.9. The molecular weight excluding hydrogens is 256 g/mol. The monoisotopic (exact) mass is 282 g/mol. The van der Waals surface area contributed by atoms with Gasteiger partial charge in [0.25, 0.3) is 0 Å². The summed E-state index contributed by atoms with van der Waals surface area (Å²) in [6.45, 7) is 4.63. The maximum Gasteiger partial charge on any atom is 0.0705 e. The predicted molar refractivity (Wildman–Crippen MR) is 89.0 cm³/mol. The maximum absolute atomic E-state index is 6.88. The molecule has 0 radical (unpaired) electrons. The normalized spacial score (nSPS) is 26.4. The van der Waals surface area contributed by atoms with Crippen LogP contribution < -0.4 is 5.73 Å². The first-order valence-corrected chi connectivity index (χ1v) is 8.21. The predicted octanol–water partition coefficient (Wildman–Crippen LogP) is 4.63. The topological polar surface area (TPSA) is 38.9 Å². The van der Waals surface area contributed by atoms with E-state index in [1.807, 2.05) is 12.3 Å². The average Bonchev–Trinajstić information content (AvgIpc) is 2.46. The van der Waals surface area contributed by atoms with E-state index in [4.69, 9.17) is 5.73 Å². The van der Waals surface area contributed by atoms with Crippen molar-refractivity contribution in [3.8, 4) is 0 Å². The smallest absolute Gasteiger partial charge is 0.0705 e. The molecule has 0 spiro atoms. The van der Waals surface area contributed by atoms with E-state index in [9.17, 15) is 0 Å². The van der Waals surface area contributed by atoms with E-state index in [1.165, 1.54) is 30.2 Å². The Morgan fingerprint density at radius 3 is 2.95 bits per heavy atom. The van der Waals surface area contributed by atoms with Gasteiger partial charge in [-0.3, -0.25) is 4.98 Å². The van der Waals surface area contributed by atoms with Gasteiger partial charge in [0.2, 0.25) is 0 Å². The summed E-state index contributed by atoms with van der Waals surface area (Å²) in [5.41, 5.74) is 9.06. The fourth-order valence-electron chi connectivity index (χ4n) is 4.08. The van der Waals surface area contributed by atoms with Crippen LogP contribution in [0.4, 0.5) is 0 Å². The molecule has 1 aliphatic carbocycles. The number of fused-ring (bicyclic) bond motifs is 1. The van der Waals surface area contributed by atoms with E-state index in [0.717, 1.165) is 30.2 Å². The van der Waals surface area contributed by atoms with Gasteiger partial charge in [-0.1, -0.05) is 44.9 Å². The van der Waals surface area contributed by atoms with E-state index >= 15 is 0 Å². The molecule has 1 aliphatic rings. The molecule has 2 heteroatoms. The number of nitrogens with two attached hydrogens (primary N) is 1. The number of nitrogens with zero attached hydrogens (tertiary/aromatic N) is 1. The Morgan fingerprint density at radius 2 is 2.14 bits per heavy atom. The van der Waals surface area contributed by atoms with Crippen molar-refractivity contribution >= 4 is 10.9 Å². The van der Waals surface area contributed by atoms with Crippen LogP contribution in [0.1, 0.15) is 51.5 Å². The highest BCUT2D eigenvalue weighted by molar-refractivity contribution is 5.83. The number of rotatable bonds is 3. The second-order valence-electron chi connectivity index (χ2n) is 7.12. The standard InChI is InChI=1S/C19H26N2/c1-14(2)12-15-6-4-10-19(20,13-15)17-8-3-9-18-16(17)7-5-11-21-18/h3,5,7-9,11,14-15H,4,6,10,12-13,20H2,1-2H3. The first-order chi connectivity index (χ1) is 10.1. The van der Waals surface area contributed by atoms with Gasteiger partial charge in [0.15, 0.2) is 0 Å². The van der Waals surface area contributed by atoms with Crippen molar-refractivity contribution in [2.24, 2.45) is 17.6 Å². The Bertz CT molecular complexity index is 614. The third-order valence-electron chi connectivity index (χ3n) is 4.88. The van der Waals surface area contributed by atoms with Gasteiger partial charge in [0.05, 0.1) is 5.52 Å². The number of aromatic nitrogens is 1. The average molecular weight is 282 g/mol. The lowest BCUT2D eigenvalue weighted by Crippen LogP contribution is -2.41. The second kappa shape index (κ2) is 5.76. The molecule has 112 valence electrons. The lowest BCUT2D eigenvalue weighted by molar-refractivity contribution is 0.203. The van der Waals surface area contributed by atoms with Gasteiger partial charge < -0.3 is 5.73 Å². The highest BCUT2D eigenvalue weighted by Crippen LogP contribution is 2.42. The molecule has 1 aromatic carbocycles. The summed E-state index contributed by atoms with van der Waals surface area (Å²) in [6.07, 6.45) is 7.93. The van der Waals surface area contributed by atoms with Crippen LogP contribution in [0.2, 0.25) is 0 Å². The Morgan fingerprint density at radius 1 is 1.29 bits per heavy atom. The molecule has 0 amide bonds. The molecule has 2 aromatic rings. The summed E-state index contributed by atoms with van der Waals surface area (Å²) in [7, 11) is 0. The largest absolute Gasteiger partial charge is 0.321 e. The molecule has 21 heavy (non-hydrogen) atoms. The minimum absolute atomic E-state index is 0.180. The van der Waals surface area contributed by atoms with Crippen LogP contribution in [0.3, 0.4) is 0 Å². The summed E-state index contributed by atoms with van der Waals surface area (Å²) in [4.78, 5) is 4.48. The third-order valence-corrected chi connectivity index (χ3v) is 4.88. The van der Waals surface area contributed by atoms with Gasteiger partial charge in [-0.2, -0.15) is 0 Å². The Hall–Kier alpha value is -1.41. The Labute approximate surface area is 127 Å². The molecule has 0 bridgehead atoms. The zero-order valence-corrected chi connectivity index (χ0v) is 13.2. The molecule has 1 aromatic heterocycles. The lowest BCUT2D eigenvalue weighted by Gasteiger charge is -2.39.